The number of aromatic nitrogens is 2. The number of hydrogen-bond acceptors (Lipinski definition) is 3. The van der Waals surface area contributed by atoms with Gasteiger partial charge < -0.3 is 5.32 Å². The molecule has 0 bridgehead atoms. The Bertz CT molecular complexity index is 1130. The Labute approximate surface area is 174 Å². The van der Waals surface area contributed by atoms with Crippen LogP contribution < -0.4 is 5.32 Å². The molecule has 1 N–H and O–H groups in total. The molecular formula is C19H12Cl3N3OS. The maximum atomic E-state index is 12.6. The second-order valence-corrected chi connectivity index (χ2v) is 8.04. The van der Waals surface area contributed by atoms with Gasteiger partial charge in [0.2, 0.25) is 0 Å². The molecule has 27 heavy (non-hydrogen) atoms. The topological polar surface area (TPSA) is 46.9 Å². The number of fused-ring (bicyclic) bond motifs is 1. The van der Waals surface area contributed by atoms with Crippen molar-refractivity contribution < 1.29 is 4.79 Å². The van der Waals surface area contributed by atoms with E-state index < -0.39 is 0 Å². The van der Waals surface area contributed by atoms with Crippen LogP contribution in [0.5, 0.6) is 0 Å². The van der Waals surface area contributed by atoms with Gasteiger partial charge >= 0.3 is 0 Å². The van der Waals surface area contributed by atoms with Gasteiger partial charge in [0.15, 0.2) is 5.82 Å². The second-order valence-electron chi connectivity index (χ2n) is 5.79. The molecule has 0 spiro atoms. The van der Waals surface area contributed by atoms with Gasteiger partial charge in [-0.2, -0.15) is 5.10 Å². The molecule has 1 amide bonds. The molecule has 0 aliphatic carbocycles. The van der Waals surface area contributed by atoms with Crippen LogP contribution in [0.3, 0.4) is 0 Å². The second kappa shape index (κ2) is 7.52. The van der Waals surface area contributed by atoms with Gasteiger partial charge in [0.25, 0.3) is 5.91 Å². The zero-order chi connectivity index (χ0) is 19.0. The summed E-state index contributed by atoms with van der Waals surface area (Å²) in [5.41, 5.74) is 0.773. The van der Waals surface area contributed by atoms with Crippen molar-refractivity contribution in [1.29, 1.82) is 0 Å². The SMILES string of the molecule is O=C(Nc1ccn(Cc2c(Cl)cccc2Cl)n1)c1sc2ccccc2c1Cl. The first-order chi connectivity index (χ1) is 13.0. The molecule has 2 aromatic carbocycles. The molecule has 0 fully saturated rings. The Morgan fingerprint density at radius 3 is 2.52 bits per heavy atom. The molecule has 0 aliphatic rings. The zero-order valence-corrected chi connectivity index (χ0v) is 16.8. The van der Waals surface area contributed by atoms with Crippen LogP contribution in [0.1, 0.15) is 15.2 Å². The minimum absolute atomic E-state index is 0.290. The fourth-order valence-electron chi connectivity index (χ4n) is 2.69. The lowest BCUT2D eigenvalue weighted by Crippen LogP contribution is -2.12. The summed E-state index contributed by atoms with van der Waals surface area (Å²) in [5.74, 6) is 0.138. The Kier molecular flexibility index (Phi) is 5.10. The fourth-order valence-corrected chi connectivity index (χ4v) is 4.62. The number of nitrogens with one attached hydrogen (secondary N) is 1. The van der Waals surface area contributed by atoms with Crippen LogP contribution in [0.25, 0.3) is 10.1 Å². The molecule has 2 heterocycles. The molecule has 0 radical (unpaired) electrons. The van der Waals surface area contributed by atoms with Gasteiger partial charge in [0.1, 0.15) is 4.88 Å². The van der Waals surface area contributed by atoms with Gasteiger partial charge in [-0.25, -0.2) is 0 Å². The molecule has 0 saturated carbocycles. The maximum Gasteiger partial charge on any atom is 0.268 e. The molecule has 0 atom stereocenters. The number of nitrogens with zero attached hydrogens (tertiary/aromatic N) is 2. The molecular weight excluding hydrogens is 425 g/mol. The van der Waals surface area contributed by atoms with Crippen molar-refractivity contribution in [3.63, 3.8) is 0 Å². The van der Waals surface area contributed by atoms with Crippen LogP contribution in [0.4, 0.5) is 5.82 Å². The molecule has 4 nitrogen and oxygen atoms in total. The van der Waals surface area contributed by atoms with E-state index in [0.29, 0.717) is 32.3 Å². The van der Waals surface area contributed by atoms with E-state index in [2.05, 4.69) is 10.4 Å². The van der Waals surface area contributed by atoms with E-state index in [1.54, 1.807) is 35.1 Å². The molecule has 0 unspecified atom stereocenters. The summed E-state index contributed by atoms with van der Waals surface area (Å²) in [5, 5.41) is 9.61. The summed E-state index contributed by atoms with van der Waals surface area (Å²) in [6.07, 6.45) is 1.75. The van der Waals surface area contributed by atoms with Crippen LogP contribution in [-0.2, 0) is 6.54 Å². The highest BCUT2D eigenvalue weighted by Gasteiger charge is 2.18. The van der Waals surface area contributed by atoms with Crippen molar-refractivity contribution >= 4 is 68.0 Å². The predicted molar refractivity (Wildman–Crippen MR) is 113 cm³/mol. The lowest BCUT2D eigenvalue weighted by Gasteiger charge is -2.07. The van der Waals surface area contributed by atoms with Gasteiger partial charge in [-0.1, -0.05) is 59.1 Å². The number of anilines is 1. The normalized spacial score (nSPS) is 11.1. The predicted octanol–water partition coefficient (Wildman–Crippen LogP) is 6.36. The number of hydrogen-bond donors (Lipinski definition) is 1. The average molecular weight is 437 g/mol. The molecule has 4 aromatic rings. The van der Waals surface area contributed by atoms with Crippen LogP contribution in [0.15, 0.2) is 54.7 Å². The summed E-state index contributed by atoms with van der Waals surface area (Å²) in [4.78, 5) is 13.1. The Balaban J connectivity index is 1.53. The summed E-state index contributed by atoms with van der Waals surface area (Å²) in [6.45, 7) is 0.401. The molecule has 0 aliphatic heterocycles. The van der Waals surface area contributed by atoms with Crippen molar-refractivity contribution in [3.8, 4) is 0 Å². The number of amides is 1. The van der Waals surface area contributed by atoms with E-state index in [1.165, 1.54) is 11.3 Å². The van der Waals surface area contributed by atoms with Crippen molar-refractivity contribution in [2.24, 2.45) is 0 Å². The summed E-state index contributed by atoms with van der Waals surface area (Å²) in [7, 11) is 0. The van der Waals surface area contributed by atoms with Crippen LogP contribution in [-0.4, -0.2) is 15.7 Å². The third kappa shape index (κ3) is 3.69. The highest BCUT2D eigenvalue weighted by Crippen LogP contribution is 2.35. The van der Waals surface area contributed by atoms with Crippen LogP contribution >= 0.6 is 46.1 Å². The Hall–Kier alpha value is -2.05. The fraction of sp³-hybridized carbons (Fsp3) is 0.0526. The van der Waals surface area contributed by atoms with Gasteiger partial charge in [-0.15, -0.1) is 11.3 Å². The van der Waals surface area contributed by atoms with E-state index >= 15 is 0 Å². The molecule has 136 valence electrons. The minimum atomic E-state index is -0.290. The number of thiophene rings is 1. The minimum Gasteiger partial charge on any atom is -0.304 e. The summed E-state index contributed by atoms with van der Waals surface area (Å²) in [6, 6.07) is 14.7. The Morgan fingerprint density at radius 1 is 1.04 bits per heavy atom. The maximum absolute atomic E-state index is 12.6. The van der Waals surface area contributed by atoms with E-state index in [4.69, 9.17) is 34.8 Å². The first-order valence-electron chi connectivity index (χ1n) is 7.97. The number of carbonyl (C=O) groups excluding carboxylic acids is 1. The number of halogens is 3. The number of rotatable bonds is 4. The third-order valence-electron chi connectivity index (χ3n) is 4.01. The average Bonchev–Trinajstić information content (AvgIpc) is 3.23. The van der Waals surface area contributed by atoms with Crippen molar-refractivity contribution in [1.82, 2.24) is 9.78 Å². The molecule has 0 saturated heterocycles. The monoisotopic (exact) mass is 435 g/mol. The highest BCUT2D eigenvalue weighted by atomic mass is 35.5. The summed E-state index contributed by atoms with van der Waals surface area (Å²) < 4.78 is 2.63. The largest absolute Gasteiger partial charge is 0.304 e. The quantitative estimate of drug-likeness (QED) is 0.404. The van der Waals surface area contributed by atoms with Crippen molar-refractivity contribution in [3.05, 3.63) is 80.2 Å². The smallest absolute Gasteiger partial charge is 0.268 e. The van der Waals surface area contributed by atoms with Gasteiger partial charge in [0, 0.05) is 38.0 Å². The van der Waals surface area contributed by atoms with Crippen molar-refractivity contribution in [2.45, 2.75) is 6.54 Å². The first-order valence-corrected chi connectivity index (χ1v) is 9.92. The Morgan fingerprint density at radius 2 is 1.78 bits per heavy atom. The lowest BCUT2D eigenvalue weighted by atomic mass is 10.2. The third-order valence-corrected chi connectivity index (χ3v) is 6.39. The molecule has 8 heteroatoms. The zero-order valence-electron chi connectivity index (χ0n) is 13.7. The standard InChI is InChI=1S/C19H12Cl3N3OS/c20-13-5-3-6-14(21)12(13)10-25-9-8-16(24-25)23-19(26)18-17(22)11-4-1-2-7-15(11)27-18/h1-9H,10H2,(H,23,24,26). The number of carbonyl (C=O) groups is 1. The van der Waals surface area contributed by atoms with E-state index in [9.17, 15) is 4.79 Å². The van der Waals surface area contributed by atoms with E-state index in [0.717, 1.165) is 15.6 Å². The lowest BCUT2D eigenvalue weighted by molar-refractivity contribution is 0.103. The summed E-state index contributed by atoms with van der Waals surface area (Å²) >= 11 is 20.1. The van der Waals surface area contributed by atoms with Crippen LogP contribution in [0.2, 0.25) is 15.1 Å². The highest BCUT2D eigenvalue weighted by molar-refractivity contribution is 7.21. The van der Waals surface area contributed by atoms with Crippen LogP contribution in [0, 0.1) is 0 Å². The van der Waals surface area contributed by atoms with E-state index in [1.807, 2.05) is 24.3 Å². The van der Waals surface area contributed by atoms with Gasteiger partial charge in [-0.05, 0) is 18.2 Å². The van der Waals surface area contributed by atoms with Gasteiger partial charge in [-0.3, -0.25) is 9.48 Å². The first kappa shape index (κ1) is 18.3. The van der Waals surface area contributed by atoms with Gasteiger partial charge in [0.05, 0.1) is 11.6 Å². The number of benzene rings is 2. The van der Waals surface area contributed by atoms with E-state index in [-0.39, 0.29) is 5.91 Å². The molecule has 2 aromatic heterocycles. The molecule has 4 rings (SSSR count). The van der Waals surface area contributed by atoms with Crippen molar-refractivity contribution in [2.75, 3.05) is 5.32 Å².